The second-order valence-electron chi connectivity index (χ2n) is 8.82. The first-order valence-electron chi connectivity index (χ1n) is 12.4. The number of halogens is 1. The average Bonchev–Trinajstić information content (AvgIpc) is 2.80. The van der Waals surface area contributed by atoms with Crippen LogP contribution >= 0.6 is 24.0 Å². The largest absolute Gasteiger partial charge is 0.355 e. The predicted molar refractivity (Wildman–Crippen MR) is 147 cm³/mol. The lowest BCUT2D eigenvalue weighted by Gasteiger charge is -2.38. The van der Waals surface area contributed by atoms with E-state index >= 15 is 0 Å². The number of amides is 1. The fraction of sp³-hybridized carbons (Fsp3) is 0.680. The molecule has 186 valence electrons. The topological polar surface area (TPSA) is 63.2 Å². The number of carbonyl (C=O) groups excluding carboxylic acids is 1. The number of carbonyl (C=O) groups is 1. The van der Waals surface area contributed by atoms with Crippen LogP contribution in [0.15, 0.2) is 35.3 Å². The minimum Gasteiger partial charge on any atom is -0.355 e. The molecule has 1 aromatic carbocycles. The van der Waals surface area contributed by atoms with E-state index in [1.807, 2.05) is 7.05 Å². The smallest absolute Gasteiger partial charge is 0.225 e. The number of hydrogen-bond donors (Lipinski definition) is 2. The van der Waals surface area contributed by atoms with Crippen LogP contribution in [0.2, 0.25) is 0 Å². The van der Waals surface area contributed by atoms with Gasteiger partial charge in [-0.05, 0) is 31.5 Å². The molecule has 3 rings (SSSR count). The average molecular weight is 571 g/mol. The first kappa shape index (κ1) is 27.9. The van der Waals surface area contributed by atoms with Crippen molar-refractivity contribution in [2.75, 3.05) is 66.0 Å². The summed E-state index contributed by atoms with van der Waals surface area (Å²) >= 11 is 0. The molecule has 1 saturated carbocycles. The standard InChI is InChI=1S/C25H42N6O.HI/c1-4-30(5-2)23(21-10-7-6-8-11-21)20-28-25(26-3)27-14-15-29-16-18-31(19-17-29)24(32)22-12-9-13-22;/h6-8,10-11,22-23H,4-5,9,12-20H2,1-3H3,(H2,26,27,28);1H. The zero-order valence-electron chi connectivity index (χ0n) is 20.6. The normalized spacial score (nSPS) is 18.4. The highest BCUT2D eigenvalue weighted by molar-refractivity contribution is 14.0. The number of hydrogen-bond acceptors (Lipinski definition) is 4. The zero-order valence-corrected chi connectivity index (χ0v) is 23.0. The number of nitrogens with one attached hydrogen (secondary N) is 2. The lowest BCUT2D eigenvalue weighted by Crippen LogP contribution is -2.52. The number of guanidine groups is 1. The van der Waals surface area contributed by atoms with Gasteiger partial charge >= 0.3 is 0 Å². The molecular weight excluding hydrogens is 527 g/mol. The van der Waals surface area contributed by atoms with Gasteiger partial charge in [0.05, 0.1) is 6.04 Å². The van der Waals surface area contributed by atoms with Crippen LogP contribution in [0.5, 0.6) is 0 Å². The van der Waals surface area contributed by atoms with Crippen LogP contribution in [0.3, 0.4) is 0 Å². The van der Waals surface area contributed by atoms with E-state index in [1.165, 1.54) is 12.0 Å². The quantitative estimate of drug-likeness (QED) is 0.258. The van der Waals surface area contributed by atoms with E-state index < -0.39 is 0 Å². The predicted octanol–water partition coefficient (Wildman–Crippen LogP) is 2.80. The summed E-state index contributed by atoms with van der Waals surface area (Å²) in [5.74, 6) is 1.55. The van der Waals surface area contributed by atoms with Crippen LogP contribution < -0.4 is 10.6 Å². The van der Waals surface area contributed by atoms with Crippen molar-refractivity contribution in [3.8, 4) is 0 Å². The van der Waals surface area contributed by atoms with Crippen molar-refractivity contribution < 1.29 is 4.79 Å². The summed E-state index contributed by atoms with van der Waals surface area (Å²) in [6.45, 7) is 12.7. The summed E-state index contributed by atoms with van der Waals surface area (Å²) in [5, 5.41) is 7.00. The van der Waals surface area contributed by atoms with Crippen molar-refractivity contribution in [2.45, 2.75) is 39.2 Å². The molecule has 0 bridgehead atoms. The SMILES string of the molecule is CCN(CC)C(CNC(=NC)NCCN1CCN(C(=O)C2CCC2)CC1)c1ccccc1.I. The van der Waals surface area contributed by atoms with Crippen LogP contribution in [0.4, 0.5) is 0 Å². The van der Waals surface area contributed by atoms with Gasteiger partial charge in [0, 0.05) is 58.8 Å². The second kappa shape index (κ2) is 14.8. The maximum atomic E-state index is 12.4. The van der Waals surface area contributed by atoms with E-state index in [2.05, 4.69) is 74.5 Å². The molecule has 7 nitrogen and oxygen atoms in total. The molecule has 0 radical (unpaired) electrons. The number of nitrogens with zero attached hydrogens (tertiary/aromatic N) is 4. The maximum absolute atomic E-state index is 12.4. The molecule has 1 unspecified atom stereocenters. The van der Waals surface area contributed by atoms with Crippen LogP contribution in [0, 0.1) is 5.92 Å². The molecule has 33 heavy (non-hydrogen) atoms. The Bertz CT molecular complexity index is 715. The first-order chi connectivity index (χ1) is 15.7. The van der Waals surface area contributed by atoms with Gasteiger partial charge in [0.1, 0.15) is 0 Å². The highest BCUT2D eigenvalue weighted by Crippen LogP contribution is 2.28. The summed E-state index contributed by atoms with van der Waals surface area (Å²) in [5.41, 5.74) is 1.33. The van der Waals surface area contributed by atoms with Gasteiger partial charge in [-0.15, -0.1) is 24.0 Å². The maximum Gasteiger partial charge on any atom is 0.225 e. The molecule has 1 aliphatic carbocycles. The number of rotatable bonds is 10. The third-order valence-corrected chi connectivity index (χ3v) is 6.98. The van der Waals surface area contributed by atoms with Crippen LogP contribution in [-0.4, -0.2) is 92.5 Å². The van der Waals surface area contributed by atoms with E-state index in [1.54, 1.807) is 0 Å². The van der Waals surface area contributed by atoms with Crippen molar-refractivity contribution in [3.05, 3.63) is 35.9 Å². The number of aliphatic imine (C=N–C) groups is 1. The molecule has 1 heterocycles. The Kier molecular flexibility index (Phi) is 12.5. The monoisotopic (exact) mass is 570 g/mol. The minimum absolute atomic E-state index is 0. The van der Waals surface area contributed by atoms with Gasteiger partial charge in [0.25, 0.3) is 0 Å². The Morgan fingerprint density at radius 1 is 1.09 bits per heavy atom. The summed E-state index contributed by atoms with van der Waals surface area (Å²) in [7, 11) is 1.83. The van der Waals surface area contributed by atoms with E-state index in [0.29, 0.717) is 17.9 Å². The van der Waals surface area contributed by atoms with Gasteiger partial charge in [-0.2, -0.15) is 0 Å². The van der Waals surface area contributed by atoms with Crippen LogP contribution in [0.25, 0.3) is 0 Å². The molecule has 2 N–H and O–H groups in total. The van der Waals surface area contributed by atoms with Crippen molar-refractivity contribution in [3.63, 3.8) is 0 Å². The summed E-state index contributed by atoms with van der Waals surface area (Å²) in [6.07, 6.45) is 3.40. The molecule has 2 aliphatic rings. The molecular formula is C25H43IN6O. The van der Waals surface area contributed by atoms with Crippen molar-refractivity contribution in [2.24, 2.45) is 10.9 Å². The van der Waals surface area contributed by atoms with E-state index in [9.17, 15) is 4.79 Å². The first-order valence-corrected chi connectivity index (χ1v) is 12.4. The van der Waals surface area contributed by atoms with E-state index in [0.717, 1.165) is 77.7 Å². The summed E-state index contributed by atoms with van der Waals surface area (Å²) in [4.78, 5) is 23.8. The molecule has 8 heteroatoms. The van der Waals surface area contributed by atoms with Gasteiger partial charge < -0.3 is 15.5 Å². The lowest BCUT2D eigenvalue weighted by molar-refractivity contribution is -0.139. The Morgan fingerprint density at radius 2 is 1.76 bits per heavy atom. The molecule has 1 aromatic rings. The molecule has 1 saturated heterocycles. The number of likely N-dealkylation sites (N-methyl/N-ethyl adjacent to an activating group) is 1. The van der Waals surface area contributed by atoms with Crippen molar-refractivity contribution in [1.82, 2.24) is 25.3 Å². The third-order valence-electron chi connectivity index (χ3n) is 6.98. The van der Waals surface area contributed by atoms with Crippen molar-refractivity contribution >= 4 is 35.8 Å². The van der Waals surface area contributed by atoms with E-state index in [4.69, 9.17) is 0 Å². The summed E-state index contributed by atoms with van der Waals surface area (Å²) in [6, 6.07) is 11.0. The van der Waals surface area contributed by atoms with Crippen LogP contribution in [0.1, 0.15) is 44.7 Å². The molecule has 0 aromatic heterocycles. The Hall–Kier alpha value is -1.39. The van der Waals surface area contributed by atoms with Gasteiger partial charge in [-0.3, -0.25) is 19.6 Å². The fourth-order valence-electron chi connectivity index (χ4n) is 4.65. The summed E-state index contributed by atoms with van der Waals surface area (Å²) < 4.78 is 0. The Morgan fingerprint density at radius 3 is 2.30 bits per heavy atom. The fourth-order valence-corrected chi connectivity index (χ4v) is 4.65. The highest BCUT2D eigenvalue weighted by atomic mass is 127. The van der Waals surface area contributed by atoms with Gasteiger partial charge in [-0.25, -0.2) is 0 Å². The molecule has 0 spiro atoms. The second-order valence-corrected chi connectivity index (χ2v) is 8.82. The molecule has 1 amide bonds. The number of benzene rings is 1. The van der Waals surface area contributed by atoms with Gasteiger partial charge in [0.2, 0.25) is 5.91 Å². The molecule has 2 fully saturated rings. The Balaban J connectivity index is 0.00000385. The molecule has 1 atom stereocenters. The Labute approximate surface area is 217 Å². The van der Waals surface area contributed by atoms with E-state index in [-0.39, 0.29) is 24.0 Å². The third kappa shape index (κ3) is 8.10. The minimum atomic E-state index is 0. The van der Waals surface area contributed by atoms with Crippen molar-refractivity contribution in [1.29, 1.82) is 0 Å². The number of piperazine rings is 1. The highest BCUT2D eigenvalue weighted by Gasteiger charge is 2.31. The van der Waals surface area contributed by atoms with Gasteiger partial charge in [0.15, 0.2) is 5.96 Å². The zero-order chi connectivity index (χ0) is 22.8. The van der Waals surface area contributed by atoms with Crippen LogP contribution in [-0.2, 0) is 4.79 Å². The lowest BCUT2D eigenvalue weighted by atomic mass is 9.84. The molecule has 1 aliphatic heterocycles. The van der Waals surface area contributed by atoms with Gasteiger partial charge in [-0.1, -0.05) is 50.6 Å².